The van der Waals surface area contributed by atoms with E-state index in [-0.39, 0.29) is 11.9 Å². The van der Waals surface area contributed by atoms with E-state index in [4.69, 9.17) is 9.47 Å². The van der Waals surface area contributed by atoms with E-state index in [0.29, 0.717) is 17.9 Å². The minimum Gasteiger partial charge on any atom is -0.493 e. The molecule has 2 aromatic carbocycles. The molecule has 0 saturated carbocycles. The van der Waals surface area contributed by atoms with Gasteiger partial charge < -0.3 is 14.8 Å². The van der Waals surface area contributed by atoms with Gasteiger partial charge in [0.15, 0.2) is 17.6 Å². The molecule has 0 aromatic heterocycles. The number of ether oxygens (including phenoxy) is 2. The van der Waals surface area contributed by atoms with Crippen molar-refractivity contribution in [2.75, 3.05) is 7.11 Å². The molecule has 1 aliphatic carbocycles. The van der Waals surface area contributed by atoms with Gasteiger partial charge in [0.25, 0.3) is 5.91 Å². The van der Waals surface area contributed by atoms with Crippen LogP contribution in [0.25, 0.3) is 0 Å². The van der Waals surface area contributed by atoms with Crippen LogP contribution in [0.3, 0.4) is 0 Å². The Morgan fingerprint density at radius 1 is 1.12 bits per heavy atom. The highest BCUT2D eigenvalue weighted by Gasteiger charge is 2.22. The van der Waals surface area contributed by atoms with Gasteiger partial charge in [0, 0.05) is 0 Å². The zero-order chi connectivity index (χ0) is 18.5. The Morgan fingerprint density at radius 3 is 2.58 bits per heavy atom. The average molecular weight is 353 g/mol. The Bertz CT molecular complexity index is 772. The fourth-order valence-electron chi connectivity index (χ4n) is 3.44. The van der Waals surface area contributed by atoms with E-state index in [2.05, 4.69) is 23.5 Å². The van der Waals surface area contributed by atoms with Crippen molar-refractivity contribution in [3.05, 3.63) is 59.2 Å². The van der Waals surface area contributed by atoms with Crippen molar-refractivity contribution in [1.29, 1.82) is 0 Å². The first-order valence-electron chi connectivity index (χ1n) is 9.34. The third-order valence-electron chi connectivity index (χ3n) is 4.98. The van der Waals surface area contributed by atoms with Gasteiger partial charge in [-0.1, -0.05) is 37.3 Å². The molecule has 0 fully saturated rings. The van der Waals surface area contributed by atoms with Gasteiger partial charge >= 0.3 is 0 Å². The first-order valence-corrected chi connectivity index (χ1v) is 9.34. The van der Waals surface area contributed by atoms with E-state index in [1.165, 1.54) is 24.0 Å². The number of amides is 1. The van der Waals surface area contributed by atoms with Crippen molar-refractivity contribution < 1.29 is 14.3 Å². The van der Waals surface area contributed by atoms with Crippen molar-refractivity contribution in [2.24, 2.45) is 0 Å². The Kier molecular flexibility index (Phi) is 5.82. The second kappa shape index (κ2) is 8.26. The van der Waals surface area contributed by atoms with Gasteiger partial charge in [0.05, 0.1) is 13.2 Å². The molecular weight excluding hydrogens is 326 g/mol. The molecule has 0 saturated heterocycles. The summed E-state index contributed by atoms with van der Waals surface area (Å²) in [5.41, 5.74) is 4.00. The van der Waals surface area contributed by atoms with Gasteiger partial charge in [-0.2, -0.15) is 0 Å². The number of benzene rings is 2. The zero-order valence-electron chi connectivity index (χ0n) is 15.7. The molecule has 1 N–H and O–H groups in total. The Morgan fingerprint density at radius 2 is 1.85 bits per heavy atom. The molecule has 26 heavy (non-hydrogen) atoms. The average Bonchev–Trinajstić information content (AvgIpc) is 3.13. The third-order valence-corrected chi connectivity index (χ3v) is 4.98. The lowest BCUT2D eigenvalue weighted by Crippen LogP contribution is -2.39. The van der Waals surface area contributed by atoms with E-state index >= 15 is 0 Å². The number of methoxy groups -OCH3 is 1. The van der Waals surface area contributed by atoms with Gasteiger partial charge in [-0.25, -0.2) is 0 Å². The van der Waals surface area contributed by atoms with Gasteiger partial charge in [0.1, 0.15) is 0 Å². The standard InChI is InChI=1S/C22H27NO3/c1-4-19(26-21-11-6-5-10-20(21)25-3)22(24)23-15(2)17-13-12-16-8-7-9-18(16)14-17/h5-6,10-15,19H,4,7-9H2,1-3H3,(H,23,24)/t15-,19+/m1/s1. The molecule has 1 aliphatic rings. The van der Waals surface area contributed by atoms with Crippen molar-refractivity contribution >= 4 is 5.91 Å². The minimum atomic E-state index is -0.553. The van der Waals surface area contributed by atoms with Crippen LogP contribution >= 0.6 is 0 Å². The predicted octanol–water partition coefficient (Wildman–Crippen LogP) is 4.22. The Hall–Kier alpha value is -2.49. The molecule has 2 aromatic rings. The molecule has 0 bridgehead atoms. The lowest BCUT2D eigenvalue weighted by atomic mass is 10.0. The molecule has 138 valence electrons. The lowest BCUT2D eigenvalue weighted by molar-refractivity contribution is -0.128. The summed E-state index contributed by atoms with van der Waals surface area (Å²) in [5.74, 6) is 1.11. The second-order valence-electron chi connectivity index (χ2n) is 6.78. The van der Waals surface area contributed by atoms with Gasteiger partial charge in [-0.3, -0.25) is 4.79 Å². The highest BCUT2D eigenvalue weighted by Crippen LogP contribution is 2.28. The molecule has 0 radical (unpaired) electrons. The molecule has 1 amide bonds. The highest BCUT2D eigenvalue weighted by atomic mass is 16.5. The number of rotatable bonds is 7. The van der Waals surface area contributed by atoms with Crippen molar-refractivity contribution in [2.45, 2.75) is 51.7 Å². The van der Waals surface area contributed by atoms with Crippen LogP contribution in [0.4, 0.5) is 0 Å². The van der Waals surface area contributed by atoms with Crippen LogP contribution in [0.1, 0.15) is 49.4 Å². The van der Waals surface area contributed by atoms with Crippen molar-refractivity contribution in [1.82, 2.24) is 5.32 Å². The van der Waals surface area contributed by atoms with Crippen LogP contribution in [-0.2, 0) is 17.6 Å². The summed E-state index contributed by atoms with van der Waals surface area (Å²) in [6.45, 7) is 3.96. The fourth-order valence-corrected chi connectivity index (χ4v) is 3.44. The largest absolute Gasteiger partial charge is 0.493 e. The summed E-state index contributed by atoms with van der Waals surface area (Å²) in [7, 11) is 1.60. The summed E-state index contributed by atoms with van der Waals surface area (Å²) in [5, 5.41) is 3.09. The molecular formula is C22H27NO3. The summed E-state index contributed by atoms with van der Waals surface area (Å²) >= 11 is 0. The Labute approximate surface area is 155 Å². The van der Waals surface area contributed by atoms with E-state index in [9.17, 15) is 4.79 Å². The fraction of sp³-hybridized carbons (Fsp3) is 0.409. The molecule has 3 rings (SSSR count). The molecule has 2 atom stereocenters. The van der Waals surface area contributed by atoms with Gasteiger partial charge in [-0.05, 0) is 61.4 Å². The quantitative estimate of drug-likeness (QED) is 0.811. The lowest BCUT2D eigenvalue weighted by Gasteiger charge is -2.22. The summed E-state index contributed by atoms with van der Waals surface area (Å²) in [6, 6.07) is 13.9. The maximum Gasteiger partial charge on any atom is 0.261 e. The predicted molar refractivity (Wildman–Crippen MR) is 103 cm³/mol. The number of aryl methyl sites for hydroxylation is 2. The minimum absolute atomic E-state index is 0.0521. The smallest absolute Gasteiger partial charge is 0.261 e. The molecule has 0 heterocycles. The highest BCUT2D eigenvalue weighted by molar-refractivity contribution is 5.81. The monoisotopic (exact) mass is 353 g/mol. The van der Waals surface area contributed by atoms with Crippen LogP contribution < -0.4 is 14.8 Å². The number of carbonyl (C=O) groups is 1. The first kappa shape index (κ1) is 18.3. The van der Waals surface area contributed by atoms with Crippen LogP contribution in [0.2, 0.25) is 0 Å². The molecule has 0 unspecified atom stereocenters. The van der Waals surface area contributed by atoms with Crippen LogP contribution in [0, 0.1) is 0 Å². The number of para-hydroxylation sites is 2. The van der Waals surface area contributed by atoms with Gasteiger partial charge in [0.2, 0.25) is 0 Å². The van der Waals surface area contributed by atoms with E-state index in [1.807, 2.05) is 38.1 Å². The van der Waals surface area contributed by atoms with Crippen LogP contribution in [-0.4, -0.2) is 19.1 Å². The van der Waals surface area contributed by atoms with Crippen molar-refractivity contribution in [3.63, 3.8) is 0 Å². The summed E-state index contributed by atoms with van der Waals surface area (Å²) < 4.78 is 11.2. The van der Waals surface area contributed by atoms with Crippen molar-refractivity contribution in [3.8, 4) is 11.5 Å². The second-order valence-corrected chi connectivity index (χ2v) is 6.78. The SMILES string of the molecule is CC[C@H](Oc1ccccc1OC)C(=O)N[C@H](C)c1ccc2c(c1)CCC2. The zero-order valence-corrected chi connectivity index (χ0v) is 15.7. The molecule has 4 heteroatoms. The van der Waals surface area contributed by atoms with E-state index in [0.717, 1.165) is 12.0 Å². The van der Waals surface area contributed by atoms with Crippen LogP contribution in [0.15, 0.2) is 42.5 Å². The summed E-state index contributed by atoms with van der Waals surface area (Å²) in [4.78, 5) is 12.7. The third kappa shape index (κ3) is 4.01. The molecule has 4 nitrogen and oxygen atoms in total. The van der Waals surface area contributed by atoms with E-state index < -0.39 is 6.10 Å². The maximum absolute atomic E-state index is 12.7. The first-order chi connectivity index (χ1) is 12.6. The normalized spacial score (nSPS) is 15.0. The molecule has 0 aliphatic heterocycles. The number of hydrogen-bond donors (Lipinski definition) is 1. The summed E-state index contributed by atoms with van der Waals surface area (Å²) in [6.07, 6.45) is 3.56. The number of hydrogen-bond acceptors (Lipinski definition) is 3. The number of nitrogens with one attached hydrogen (secondary N) is 1. The topological polar surface area (TPSA) is 47.6 Å². The number of carbonyl (C=O) groups excluding carboxylic acids is 1. The maximum atomic E-state index is 12.7. The number of fused-ring (bicyclic) bond motifs is 1. The van der Waals surface area contributed by atoms with Crippen LogP contribution in [0.5, 0.6) is 11.5 Å². The van der Waals surface area contributed by atoms with E-state index in [1.54, 1.807) is 7.11 Å². The Balaban J connectivity index is 1.67. The van der Waals surface area contributed by atoms with Gasteiger partial charge in [-0.15, -0.1) is 0 Å². The molecule has 0 spiro atoms.